The van der Waals surface area contributed by atoms with Crippen molar-refractivity contribution >= 4 is 32.8 Å². The van der Waals surface area contributed by atoms with Crippen molar-refractivity contribution in [1.29, 1.82) is 0 Å². The molecule has 0 aliphatic rings. The average molecular weight is 1070 g/mol. The number of imidazole rings is 1. The molecule has 1 atom stereocenters. The van der Waals surface area contributed by atoms with E-state index in [1.807, 2.05) is 59.2 Å². The molecule has 0 aliphatic carbocycles. The van der Waals surface area contributed by atoms with Gasteiger partial charge in [-0.2, -0.15) is 18.2 Å². The van der Waals surface area contributed by atoms with Crippen LogP contribution in [0.2, 0.25) is 0 Å². The third-order valence-electron chi connectivity index (χ3n) is 12.4. The summed E-state index contributed by atoms with van der Waals surface area (Å²) in [4.78, 5) is 4.68. The Balaban J connectivity index is 0.00000740. The van der Waals surface area contributed by atoms with Gasteiger partial charge in [0.05, 0.1) is 29.1 Å². The van der Waals surface area contributed by atoms with Crippen LogP contribution in [0.25, 0.3) is 72.3 Å². The maximum absolute atomic E-state index is 9.42. The topological polar surface area (TPSA) is 35.9 Å². The number of aromatic nitrogens is 4. The third kappa shape index (κ3) is 8.67. The molecule has 3 heterocycles. The van der Waals surface area contributed by atoms with E-state index in [0.29, 0.717) is 33.8 Å². The van der Waals surface area contributed by atoms with E-state index < -0.39 is 30.2 Å². The summed E-state index contributed by atoms with van der Waals surface area (Å²) in [5.74, 6) is 0.744. The van der Waals surface area contributed by atoms with Crippen LogP contribution < -0.4 is 9.30 Å². The minimum atomic E-state index is -0.493. The van der Waals surface area contributed by atoms with Crippen LogP contribution in [0.15, 0.2) is 164 Å². The van der Waals surface area contributed by atoms with Crippen LogP contribution in [0.5, 0.6) is 11.5 Å². The Labute approximate surface area is 425 Å². The van der Waals surface area contributed by atoms with Crippen molar-refractivity contribution in [2.24, 2.45) is 5.92 Å². The van der Waals surface area contributed by atoms with Gasteiger partial charge in [0.2, 0.25) is 0 Å². The molecule has 0 amide bonds. The summed E-state index contributed by atoms with van der Waals surface area (Å²) in [5.41, 5.74) is 7.32. The molecular formula is C61H56N4OPt-2. The van der Waals surface area contributed by atoms with E-state index >= 15 is 0 Å². The SMILES string of the molecule is [2H]c1c([2H])c([2H])c(-c2cccc(-c3cc(C(C)(C)C)cc(C(C)(C)C)c3)c2-[n+]2[c-]n(-c3[c-]c(Oc4[c-]c5c(c([2H])c4[2H])c4c([2H])c([2H])c([2H])c([2H])c4n5-c4cc(C(C)C(C)C)ccn4)ccc3)c3ccccc32)c([2H])c1[2H].[Pt]. The van der Waals surface area contributed by atoms with Gasteiger partial charge in [0.1, 0.15) is 5.82 Å². The Bertz CT molecular complexity index is 4020. The van der Waals surface area contributed by atoms with Crippen LogP contribution in [0, 0.1) is 24.4 Å². The number of nitrogens with zero attached hydrogens (tertiary/aromatic N) is 4. The number of hydrogen-bond acceptors (Lipinski definition) is 2. The molecule has 0 saturated carbocycles. The zero-order valence-corrected chi connectivity index (χ0v) is 41.2. The number of hydrogen-bond donors (Lipinski definition) is 0. The maximum atomic E-state index is 9.42. The zero-order valence-electron chi connectivity index (χ0n) is 49.9. The Kier molecular flexibility index (Phi) is 9.05. The standard InChI is InChI=1S/C61H56N4O.Pt/c1-40(2)41(3)43-31-32-62-58(35-43)65-54-26-14-13-23-52(54)53-30-29-49(38-57(53)65)66-48-22-17-21-47(37-48)63-39-64(56-28-16-15-27-55(56)63)59-50(42-19-11-10-12-20-42)24-18-25-51(59)44-33-45(60(4,5)6)36-46(34-44)61(7,8)9;/h10-36,40-41H,1-9H3;/q-2;/i10D,11D,12D,13D,14D,19D,20D,23D,26D,29D,30D;. The first-order valence-corrected chi connectivity index (χ1v) is 22.3. The largest absolute Gasteiger partial charge is 0.510 e. The van der Waals surface area contributed by atoms with Gasteiger partial charge in [-0.1, -0.05) is 177 Å². The third-order valence-corrected chi connectivity index (χ3v) is 12.4. The zero-order chi connectivity index (χ0) is 55.5. The summed E-state index contributed by atoms with van der Waals surface area (Å²) < 4.78 is 110. The van der Waals surface area contributed by atoms with Gasteiger partial charge >= 0.3 is 0 Å². The fraction of sp³-hybridized carbons (Fsp3) is 0.213. The smallest absolute Gasteiger partial charge is 0.268 e. The summed E-state index contributed by atoms with van der Waals surface area (Å²) in [6.07, 6.45) is 5.22. The molecule has 5 nitrogen and oxygen atoms in total. The number of pyridine rings is 1. The number of fused-ring (bicyclic) bond motifs is 4. The van der Waals surface area contributed by atoms with E-state index in [4.69, 9.17) is 14.3 Å². The molecule has 0 bridgehead atoms. The van der Waals surface area contributed by atoms with Gasteiger partial charge in [-0.05, 0) is 92.2 Å². The first-order chi connectivity index (χ1) is 36.3. The molecule has 0 aliphatic heterocycles. The molecule has 67 heavy (non-hydrogen) atoms. The molecule has 0 fully saturated rings. The fourth-order valence-electron chi connectivity index (χ4n) is 8.39. The van der Waals surface area contributed by atoms with Crippen molar-refractivity contribution < 1.29 is 45.4 Å². The summed E-state index contributed by atoms with van der Waals surface area (Å²) in [5, 5.41) is 0.174. The number of benzene rings is 7. The van der Waals surface area contributed by atoms with Gasteiger partial charge in [-0.25, -0.2) is 4.98 Å². The molecule has 0 saturated heterocycles. The van der Waals surface area contributed by atoms with Crippen molar-refractivity contribution in [3.8, 4) is 50.9 Å². The van der Waals surface area contributed by atoms with Gasteiger partial charge < -0.3 is 13.9 Å². The molecule has 10 rings (SSSR count). The second-order valence-corrected chi connectivity index (χ2v) is 19.2. The van der Waals surface area contributed by atoms with Crippen molar-refractivity contribution in [3.05, 3.63) is 199 Å². The quantitative estimate of drug-likeness (QED) is 0.107. The molecule has 0 spiro atoms. The van der Waals surface area contributed by atoms with Crippen molar-refractivity contribution in [3.63, 3.8) is 0 Å². The molecule has 3 aromatic heterocycles. The van der Waals surface area contributed by atoms with E-state index in [0.717, 1.165) is 27.8 Å². The molecule has 338 valence electrons. The van der Waals surface area contributed by atoms with Crippen molar-refractivity contribution in [2.75, 3.05) is 0 Å². The summed E-state index contributed by atoms with van der Waals surface area (Å²) >= 11 is 0. The molecule has 0 radical (unpaired) electrons. The molecular weight excluding hydrogens is 1000 g/mol. The van der Waals surface area contributed by atoms with E-state index in [1.165, 1.54) is 0 Å². The Morgan fingerprint density at radius 1 is 0.642 bits per heavy atom. The Morgan fingerprint density at radius 2 is 1.33 bits per heavy atom. The van der Waals surface area contributed by atoms with Gasteiger partial charge in [0, 0.05) is 45.6 Å². The van der Waals surface area contributed by atoms with Gasteiger partial charge in [0.15, 0.2) is 0 Å². The van der Waals surface area contributed by atoms with E-state index in [9.17, 15) is 5.48 Å². The first kappa shape index (κ1) is 33.8. The average Bonchev–Trinajstić information content (AvgIpc) is 4.06. The van der Waals surface area contributed by atoms with Crippen LogP contribution in [0.3, 0.4) is 0 Å². The van der Waals surface area contributed by atoms with Crippen LogP contribution >= 0.6 is 0 Å². The molecule has 7 aromatic carbocycles. The van der Waals surface area contributed by atoms with Gasteiger partial charge in [-0.3, -0.25) is 4.57 Å². The van der Waals surface area contributed by atoms with E-state index in [2.05, 4.69) is 104 Å². The van der Waals surface area contributed by atoms with Crippen molar-refractivity contribution in [1.82, 2.24) is 14.1 Å². The van der Waals surface area contributed by atoms with Crippen molar-refractivity contribution in [2.45, 2.75) is 79.1 Å². The van der Waals surface area contributed by atoms with Gasteiger partial charge in [-0.15, -0.1) is 29.6 Å². The van der Waals surface area contributed by atoms with Crippen LogP contribution in [-0.2, 0) is 31.9 Å². The number of para-hydroxylation sites is 4. The minimum Gasteiger partial charge on any atom is -0.510 e. The normalized spacial score (nSPS) is 14.8. The summed E-state index contributed by atoms with van der Waals surface area (Å²) in [6, 6.07) is 30.9. The second kappa shape index (κ2) is 17.9. The first-order valence-electron chi connectivity index (χ1n) is 27.8. The Morgan fingerprint density at radius 3 is 2.06 bits per heavy atom. The van der Waals surface area contributed by atoms with Crippen LogP contribution in [0.4, 0.5) is 0 Å². The van der Waals surface area contributed by atoms with Crippen LogP contribution in [-0.4, -0.2) is 14.1 Å². The number of rotatable bonds is 9. The summed E-state index contributed by atoms with van der Waals surface area (Å²) in [7, 11) is 0. The predicted octanol–water partition coefficient (Wildman–Crippen LogP) is 15.3. The minimum absolute atomic E-state index is 0. The van der Waals surface area contributed by atoms with E-state index in [1.54, 1.807) is 33.5 Å². The Hall–Kier alpha value is -6.55. The fourth-order valence-corrected chi connectivity index (χ4v) is 8.39. The second-order valence-electron chi connectivity index (χ2n) is 19.2. The monoisotopic (exact) mass is 1070 g/mol. The summed E-state index contributed by atoms with van der Waals surface area (Å²) in [6.45, 7) is 19.3. The van der Waals surface area contributed by atoms with Crippen LogP contribution in [0.1, 0.15) is 100 Å². The maximum Gasteiger partial charge on any atom is 0.268 e. The van der Waals surface area contributed by atoms with Gasteiger partial charge in [0.25, 0.3) is 6.33 Å². The predicted molar refractivity (Wildman–Crippen MR) is 271 cm³/mol. The number of ether oxygens (including phenoxy) is 1. The van der Waals surface area contributed by atoms with E-state index in [-0.39, 0.29) is 119 Å². The molecule has 10 aromatic rings. The molecule has 6 heteroatoms. The molecule has 0 N–H and O–H groups in total. The molecule has 1 unspecified atom stereocenters.